The van der Waals surface area contributed by atoms with E-state index in [-0.39, 0.29) is 24.3 Å². The summed E-state index contributed by atoms with van der Waals surface area (Å²) in [6, 6.07) is 7.47. The topological polar surface area (TPSA) is 60.9 Å². The molecule has 7 heteroatoms. The van der Waals surface area contributed by atoms with Gasteiger partial charge >= 0.3 is 6.03 Å². The third kappa shape index (κ3) is 3.87. The number of imide groups is 1. The van der Waals surface area contributed by atoms with Gasteiger partial charge in [-0.2, -0.15) is 0 Å². The lowest BCUT2D eigenvalue weighted by Gasteiger charge is -2.32. The number of hydrogen-bond donors (Lipinski definition) is 0. The highest BCUT2D eigenvalue weighted by molar-refractivity contribution is 8.00. The smallest absolute Gasteiger partial charge is 0.326 e. The van der Waals surface area contributed by atoms with E-state index in [2.05, 4.69) is 31.2 Å². The second-order valence-corrected chi connectivity index (χ2v) is 8.40. The van der Waals surface area contributed by atoms with Crippen LogP contribution in [0, 0.1) is 6.92 Å². The van der Waals surface area contributed by atoms with Crippen molar-refractivity contribution in [3.63, 3.8) is 0 Å². The van der Waals surface area contributed by atoms with Crippen molar-refractivity contribution in [2.45, 2.75) is 42.4 Å². The molecule has 6 nitrogen and oxygen atoms in total. The molecule has 1 aromatic carbocycles. The zero-order valence-corrected chi connectivity index (χ0v) is 16.3. The lowest BCUT2D eigenvalue weighted by Crippen LogP contribution is -2.43. The molecule has 2 aliphatic heterocycles. The van der Waals surface area contributed by atoms with Crippen molar-refractivity contribution >= 4 is 29.6 Å². The number of likely N-dealkylation sites (N-methyl/N-ethyl adjacent to an activating group) is 2. The van der Waals surface area contributed by atoms with Gasteiger partial charge < -0.3 is 9.80 Å². The summed E-state index contributed by atoms with van der Waals surface area (Å²) in [7, 11) is 3.03. The number of nitrogens with zero attached hydrogens (tertiary/aromatic N) is 3. The molecular formula is C19H25N3O3S. The number of thioether (sulfide) groups is 1. The minimum atomic E-state index is -0.667. The summed E-state index contributed by atoms with van der Waals surface area (Å²) in [5.41, 5.74) is 1.26. The SMILES string of the molecule is Cc1cccc(SC2CCN(C(=O)C[C@@H]3C(=O)N(C)C(=O)N3C)CC2)c1. The Kier molecular flexibility index (Phi) is 5.55. The Labute approximate surface area is 158 Å². The lowest BCUT2D eigenvalue weighted by atomic mass is 10.1. The number of benzene rings is 1. The van der Waals surface area contributed by atoms with Crippen molar-refractivity contribution in [3.05, 3.63) is 29.8 Å². The summed E-state index contributed by atoms with van der Waals surface area (Å²) < 4.78 is 0. The summed E-state index contributed by atoms with van der Waals surface area (Å²) in [5, 5.41) is 0.504. The summed E-state index contributed by atoms with van der Waals surface area (Å²) in [4.78, 5) is 42.1. The lowest BCUT2D eigenvalue weighted by molar-refractivity contribution is -0.137. The number of hydrogen-bond acceptors (Lipinski definition) is 4. The summed E-state index contributed by atoms with van der Waals surface area (Å²) in [6.45, 7) is 3.50. The number of amides is 4. The average Bonchev–Trinajstić information content (AvgIpc) is 2.80. The second kappa shape index (κ2) is 7.70. The van der Waals surface area contributed by atoms with Crippen LogP contribution in [0.5, 0.6) is 0 Å². The second-order valence-electron chi connectivity index (χ2n) is 7.03. The average molecular weight is 375 g/mol. The molecule has 0 aliphatic carbocycles. The molecule has 0 radical (unpaired) electrons. The minimum Gasteiger partial charge on any atom is -0.343 e. The van der Waals surface area contributed by atoms with Crippen molar-refractivity contribution in [3.8, 4) is 0 Å². The molecule has 4 amide bonds. The van der Waals surface area contributed by atoms with Crippen LogP contribution in [0.2, 0.25) is 0 Å². The maximum atomic E-state index is 12.6. The van der Waals surface area contributed by atoms with Crippen molar-refractivity contribution in [1.82, 2.24) is 14.7 Å². The fraction of sp³-hybridized carbons (Fsp3) is 0.526. The molecule has 140 valence electrons. The van der Waals surface area contributed by atoms with Gasteiger partial charge in [0.05, 0.1) is 6.42 Å². The molecular weight excluding hydrogens is 350 g/mol. The molecule has 0 saturated carbocycles. The van der Waals surface area contributed by atoms with Gasteiger partial charge in [-0.25, -0.2) is 4.79 Å². The zero-order valence-electron chi connectivity index (χ0n) is 15.5. The molecule has 2 fully saturated rings. The Morgan fingerprint density at radius 2 is 1.88 bits per heavy atom. The predicted octanol–water partition coefficient (Wildman–Crippen LogP) is 2.36. The van der Waals surface area contributed by atoms with Crippen molar-refractivity contribution < 1.29 is 14.4 Å². The van der Waals surface area contributed by atoms with Crippen LogP contribution in [0.1, 0.15) is 24.8 Å². The Hall–Kier alpha value is -2.02. The van der Waals surface area contributed by atoms with Gasteiger partial charge in [-0.1, -0.05) is 17.7 Å². The van der Waals surface area contributed by atoms with Crippen molar-refractivity contribution in [2.24, 2.45) is 0 Å². The van der Waals surface area contributed by atoms with E-state index >= 15 is 0 Å². The predicted molar refractivity (Wildman–Crippen MR) is 101 cm³/mol. The molecule has 1 atom stereocenters. The minimum absolute atomic E-state index is 0.0442. The standard InChI is InChI=1S/C19H25N3O3S/c1-13-5-4-6-15(11-13)26-14-7-9-22(10-8-14)17(23)12-16-18(24)21(3)19(25)20(16)2/h4-6,11,14,16H,7-10,12H2,1-3H3/t16-/m1/s1. The quantitative estimate of drug-likeness (QED) is 0.758. The van der Waals surface area contributed by atoms with Gasteiger partial charge in [-0.05, 0) is 31.9 Å². The molecule has 2 heterocycles. The highest BCUT2D eigenvalue weighted by atomic mass is 32.2. The Balaban J connectivity index is 1.51. The van der Waals surface area contributed by atoms with E-state index < -0.39 is 6.04 Å². The Bertz CT molecular complexity index is 716. The number of likely N-dealkylation sites (tertiary alicyclic amines) is 1. The summed E-state index contributed by atoms with van der Waals surface area (Å²) in [6.07, 6.45) is 1.95. The van der Waals surface area contributed by atoms with E-state index in [1.54, 1.807) is 7.05 Å². The Morgan fingerprint density at radius 1 is 1.19 bits per heavy atom. The van der Waals surface area contributed by atoms with Gasteiger partial charge in [0, 0.05) is 37.3 Å². The van der Waals surface area contributed by atoms with Crippen LogP contribution >= 0.6 is 11.8 Å². The van der Waals surface area contributed by atoms with E-state index in [0.717, 1.165) is 17.7 Å². The Morgan fingerprint density at radius 3 is 2.46 bits per heavy atom. The summed E-state index contributed by atoms with van der Waals surface area (Å²) in [5.74, 6) is -0.340. The van der Waals surface area contributed by atoms with Gasteiger partial charge in [0.1, 0.15) is 6.04 Å². The van der Waals surface area contributed by atoms with Gasteiger partial charge in [0.2, 0.25) is 5.91 Å². The maximum Gasteiger partial charge on any atom is 0.326 e. The number of aryl methyl sites for hydroxylation is 1. The number of carbonyl (C=O) groups excluding carboxylic acids is 3. The van der Waals surface area contributed by atoms with Crippen LogP contribution in [0.25, 0.3) is 0 Å². The van der Waals surface area contributed by atoms with Gasteiger partial charge in [0.25, 0.3) is 5.91 Å². The van der Waals surface area contributed by atoms with E-state index in [4.69, 9.17) is 0 Å². The first-order valence-electron chi connectivity index (χ1n) is 8.92. The molecule has 0 bridgehead atoms. The molecule has 2 saturated heterocycles. The summed E-state index contributed by atoms with van der Waals surface area (Å²) >= 11 is 1.88. The highest BCUT2D eigenvalue weighted by Gasteiger charge is 2.42. The first-order chi connectivity index (χ1) is 12.4. The molecule has 0 spiro atoms. The van der Waals surface area contributed by atoms with Gasteiger partial charge in [-0.15, -0.1) is 11.8 Å². The van der Waals surface area contributed by atoms with E-state index in [9.17, 15) is 14.4 Å². The molecule has 0 aromatic heterocycles. The van der Waals surface area contributed by atoms with Crippen LogP contribution in [-0.4, -0.2) is 71.0 Å². The monoisotopic (exact) mass is 375 g/mol. The largest absolute Gasteiger partial charge is 0.343 e. The fourth-order valence-electron chi connectivity index (χ4n) is 3.48. The van der Waals surface area contributed by atoms with Gasteiger partial charge in [-0.3, -0.25) is 14.5 Å². The van der Waals surface area contributed by atoms with Crippen LogP contribution in [0.4, 0.5) is 4.79 Å². The number of urea groups is 1. The molecule has 0 N–H and O–H groups in total. The van der Waals surface area contributed by atoms with Gasteiger partial charge in [0.15, 0.2) is 0 Å². The molecule has 1 aromatic rings. The number of piperidine rings is 1. The molecule has 3 rings (SSSR count). The highest BCUT2D eigenvalue weighted by Crippen LogP contribution is 2.31. The molecule has 0 unspecified atom stereocenters. The first-order valence-corrected chi connectivity index (χ1v) is 9.80. The number of rotatable bonds is 4. The van der Waals surface area contributed by atoms with Crippen LogP contribution in [0.3, 0.4) is 0 Å². The van der Waals surface area contributed by atoms with Crippen molar-refractivity contribution in [2.75, 3.05) is 27.2 Å². The van der Waals surface area contributed by atoms with Crippen LogP contribution in [-0.2, 0) is 9.59 Å². The first kappa shape index (κ1) is 18.8. The molecule has 26 heavy (non-hydrogen) atoms. The van der Waals surface area contributed by atoms with E-state index in [1.165, 1.54) is 22.4 Å². The van der Waals surface area contributed by atoms with Crippen LogP contribution < -0.4 is 0 Å². The maximum absolute atomic E-state index is 12.6. The number of carbonyl (C=O) groups is 3. The fourth-order valence-corrected chi connectivity index (χ4v) is 4.72. The van der Waals surface area contributed by atoms with Crippen molar-refractivity contribution in [1.29, 1.82) is 0 Å². The van der Waals surface area contributed by atoms with E-state index in [0.29, 0.717) is 18.3 Å². The van der Waals surface area contributed by atoms with E-state index in [1.807, 2.05) is 16.7 Å². The normalized spacial score (nSPS) is 21.7. The molecule has 2 aliphatic rings. The zero-order chi connectivity index (χ0) is 18.8. The third-order valence-corrected chi connectivity index (χ3v) is 6.46. The van der Waals surface area contributed by atoms with Crippen LogP contribution in [0.15, 0.2) is 29.2 Å². The third-order valence-electron chi connectivity index (χ3n) is 5.13.